The van der Waals surface area contributed by atoms with Crippen LogP contribution in [0.2, 0.25) is 0 Å². The molecule has 0 aromatic carbocycles. The zero-order chi connectivity index (χ0) is 10.1. The molecule has 0 heterocycles. The van der Waals surface area contributed by atoms with Gasteiger partial charge in [-0.2, -0.15) is 0 Å². The molecule has 1 nitrogen and oxygen atoms in total. The Morgan fingerprint density at radius 3 is 1.92 bits per heavy atom. The second kappa shape index (κ2) is 8.55. The van der Waals surface area contributed by atoms with Crippen LogP contribution in [0.25, 0.3) is 0 Å². The molecular weight excluding hydrogens is 158 g/mol. The van der Waals surface area contributed by atoms with Gasteiger partial charge in [-0.15, -0.1) is 0 Å². The monoisotopic (exact) mass is 185 g/mol. The molecule has 1 N–H and O–H groups in total. The Labute approximate surface area is 84.3 Å². The Balaban J connectivity index is 3.41. The molecule has 0 aromatic heterocycles. The maximum atomic E-state index is 3.36. The van der Waals surface area contributed by atoms with Gasteiger partial charge in [0, 0.05) is 6.04 Å². The van der Waals surface area contributed by atoms with E-state index in [1.165, 1.54) is 38.5 Å². The number of hydrogen-bond acceptors (Lipinski definition) is 1. The normalized spacial score (nSPS) is 13.6. The summed E-state index contributed by atoms with van der Waals surface area (Å²) in [5.41, 5.74) is 0. The van der Waals surface area contributed by atoms with Gasteiger partial charge in [-0.25, -0.2) is 0 Å². The molecule has 1 heteroatoms. The van der Waals surface area contributed by atoms with Crippen molar-refractivity contribution in [2.45, 2.75) is 65.3 Å². The maximum absolute atomic E-state index is 3.36. The second-order valence-corrected chi connectivity index (χ2v) is 4.01. The highest BCUT2D eigenvalue weighted by Gasteiger charge is 2.06. The summed E-state index contributed by atoms with van der Waals surface area (Å²) < 4.78 is 0. The summed E-state index contributed by atoms with van der Waals surface area (Å²) in [7, 11) is 2.07. The molecule has 0 saturated carbocycles. The minimum Gasteiger partial charge on any atom is -0.317 e. The van der Waals surface area contributed by atoms with Gasteiger partial charge in [-0.1, -0.05) is 46.5 Å². The van der Waals surface area contributed by atoms with Gasteiger partial charge in [0.25, 0.3) is 0 Å². The van der Waals surface area contributed by atoms with Gasteiger partial charge in [0.2, 0.25) is 0 Å². The van der Waals surface area contributed by atoms with Crippen molar-refractivity contribution >= 4 is 0 Å². The van der Waals surface area contributed by atoms with Crippen LogP contribution in [-0.4, -0.2) is 13.1 Å². The predicted molar refractivity (Wildman–Crippen MR) is 61.1 cm³/mol. The average Bonchev–Trinajstić information content (AvgIpc) is 2.19. The summed E-state index contributed by atoms with van der Waals surface area (Å²) in [4.78, 5) is 0. The van der Waals surface area contributed by atoms with Crippen molar-refractivity contribution in [2.24, 2.45) is 5.92 Å². The Morgan fingerprint density at radius 1 is 0.923 bits per heavy atom. The van der Waals surface area contributed by atoms with Crippen molar-refractivity contribution in [3.8, 4) is 0 Å². The molecule has 80 valence electrons. The highest BCUT2D eigenvalue weighted by Crippen LogP contribution is 2.17. The molecule has 0 amide bonds. The van der Waals surface area contributed by atoms with Gasteiger partial charge < -0.3 is 5.32 Å². The van der Waals surface area contributed by atoms with Crippen LogP contribution in [-0.2, 0) is 0 Å². The molecule has 0 aromatic rings. The molecule has 1 atom stereocenters. The highest BCUT2D eigenvalue weighted by atomic mass is 14.9. The Morgan fingerprint density at radius 2 is 1.54 bits per heavy atom. The molecule has 0 rings (SSSR count). The zero-order valence-electron chi connectivity index (χ0n) is 9.90. The number of rotatable bonds is 8. The van der Waals surface area contributed by atoms with Crippen molar-refractivity contribution in [2.75, 3.05) is 7.05 Å². The van der Waals surface area contributed by atoms with Crippen LogP contribution in [0.4, 0.5) is 0 Å². The van der Waals surface area contributed by atoms with Gasteiger partial charge >= 0.3 is 0 Å². The fraction of sp³-hybridized carbons (Fsp3) is 1.00. The van der Waals surface area contributed by atoms with Crippen LogP contribution < -0.4 is 5.32 Å². The molecule has 0 aliphatic carbocycles. The van der Waals surface area contributed by atoms with E-state index in [2.05, 4.69) is 33.1 Å². The first-order chi connectivity index (χ1) is 6.28. The lowest BCUT2D eigenvalue weighted by atomic mass is 9.95. The van der Waals surface area contributed by atoms with Crippen LogP contribution in [0.3, 0.4) is 0 Å². The first kappa shape index (κ1) is 13.0. The van der Waals surface area contributed by atoms with Crippen molar-refractivity contribution in [1.82, 2.24) is 5.32 Å². The van der Waals surface area contributed by atoms with E-state index in [0.29, 0.717) is 0 Å². The van der Waals surface area contributed by atoms with E-state index in [0.717, 1.165) is 12.0 Å². The van der Waals surface area contributed by atoms with E-state index < -0.39 is 0 Å². The molecular formula is C12H27N. The summed E-state index contributed by atoms with van der Waals surface area (Å²) in [5.74, 6) is 0.967. The van der Waals surface area contributed by atoms with Crippen molar-refractivity contribution in [1.29, 1.82) is 0 Å². The van der Waals surface area contributed by atoms with Crippen LogP contribution in [0, 0.1) is 5.92 Å². The SMILES string of the molecule is CCC(CC)CCCC(CC)NC. The zero-order valence-corrected chi connectivity index (χ0v) is 9.90. The molecule has 0 spiro atoms. The smallest absolute Gasteiger partial charge is 0.00614 e. The molecule has 0 aliphatic rings. The minimum atomic E-state index is 0.745. The standard InChI is InChI=1S/C12H27N/c1-5-11(6-2)9-8-10-12(7-3)13-4/h11-13H,5-10H2,1-4H3. The molecule has 0 radical (unpaired) electrons. The third kappa shape index (κ3) is 6.09. The van der Waals surface area contributed by atoms with E-state index in [9.17, 15) is 0 Å². The molecule has 13 heavy (non-hydrogen) atoms. The molecule has 0 saturated heterocycles. The second-order valence-electron chi connectivity index (χ2n) is 4.01. The van der Waals surface area contributed by atoms with Gasteiger partial charge in [0.1, 0.15) is 0 Å². The van der Waals surface area contributed by atoms with E-state index in [1.54, 1.807) is 0 Å². The largest absolute Gasteiger partial charge is 0.317 e. The Hall–Kier alpha value is -0.0400. The van der Waals surface area contributed by atoms with Gasteiger partial charge in [-0.3, -0.25) is 0 Å². The molecule has 0 aliphatic heterocycles. The van der Waals surface area contributed by atoms with E-state index >= 15 is 0 Å². The first-order valence-electron chi connectivity index (χ1n) is 5.95. The molecule has 1 unspecified atom stereocenters. The number of nitrogens with one attached hydrogen (secondary N) is 1. The van der Waals surface area contributed by atoms with Crippen LogP contribution >= 0.6 is 0 Å². The predicted octanol–water partition coefficient (Wildman–Crippen LogP) is 3.59. The van der Waals surface area contributed by atoms with Crippen LogP contribution in [0.5, 0.6) is 0 Å². The third-order valence-electron chi connectivity index (χ3n) is 3.22. The quantitative estimate of drug-likeness (QED) is 0.609. The summed E-state index contributed by atoms with van der Waals surface area (Å²) in [6, 6.07) is 0.745. The van der Waals surface area contributed by atoms with Crippen LogP contribution in [0.15, 0.2) is 0 Å². The third-order valence-corrected chi connectivity index (χ3v) is 3.22. The lowest BCUT2D eigenvalue weighted by Crippen LogP contribution is -2.24. The van der Waals surface area contributed by atoms with Gasteiger partial charge in [0.15, 0.2) is 0 Å². The lowest BCUT2D eigenvalue weighted by Gasteiger charge is -2.16. The van der Waals surface area contributed by atoms with Gasteiger partial charge in [-0.05, 0) is 25.8 Å². The first-order valence-corrected chi connectivity index (χ1v) is 5.95. The lowest BCUT2D eigenvalue weighted by molar-refractivity contribution is 0.402. The fourth-order valence-corrected chi connectivity index (χ4v) is 1.90. The van der Waals surface area contributed by atoms with Crippen molar-refractivity contribution < 1.29 is 0 Å². The topological polar surface area (TPSA) is 12.0 Å². The summed E-state index contributed by atoms with van der Waals surface area (Å²) in [5, 5.41) is 3.36. The van der Waals surface area contributed by atoms with E-state index in [1.807, 2.05) is 0 Å². The minimum absolute atomic E-state index is 0.745. The summed E-state index contributed by atoms with van der Waals surface area (Å²) in [6.07, 6.45) is 8.14. The Kier molecular flexibility index (Phi) is 8.53. The van der Waals surface area contributed by atoms with Crippen molar-refractivity contribution in [3.63, 3.8) is 0 Å². The maximum Gasteiger partial charge on any atom is 0.00614 e. The average molecular weight is 185 g/mol. The van der Waals surface area contributed by atoms with Crippen LogP contribution in [0.1, 0.15) is 59.3 Å². The molecule has 0 fully saturated rings. The summed E-state index contributed by atoms with van der Waals surface area (Å²) in [6.45, 7) is 6.88. The molecule has 0 bridgehead atoms. The Bertz CT molecular complexity index is 81.3. The number of hydrogen-bond donors (Lipinski definition) is 1. The van der Waals surface area contributed by atoms with E-state index in [4.69, 9.17) is 0 Å². The summed E-state index contributed by atoms with van der Waals surface area (Å²) >= 11 is 0. The fourth-order valence-electron chi connectivity index (χ4n) is 1.90. The highest BCUT2D eigenvalue weighted by molar-refractivity contribution is 4.63. The van der Waals surface area contributed by atoms with Gasteiger partial charge in [0.05, 0.1) is 0 Å². The van der Waals surface area contributed by atoms with E-state index in [-0.39, 0.29) is 0 Å². The van der Waals surface area contributed by atoms with Crippen molar-refractivity contribution in [3.05, 3.63) is 0 Å².